The Bertz CT molecular complexity index is 853. The quantitative estimate of drug-likeness (QED) is 0.675. The first-order valence-corrected chi connectivity index (χ1v) is 8.78. The molecule has 0 radical (unpaired) electrons. The van der Waals surface area contributed by atoms with Gasteiger partial charge in [0.25, 0.3) is 0 Å². The Morgan fingerprint density at radius 2 is 1.19 bits per heavy atom. The predicted octanol–water partition coefficient (Wildman–Crippen LogP) is 3.76. The van der Waals surface area contributed by atoms with E-state index in [-0.39, 0.29) is 18.7 Å². The summed E-state index contributed by atoms with van der Waals surface area (Å²) in [6.45, 7) is 0. The van der Waals surface area contributed by atoms with Crippen LogP contribution in [0, 0.1) is 0 Å². The molecule has 2 N–H and O–H groups in total. The van der Waals surface area contributed by atoms with Crippen molar-refractivity contribution in [3.63, 3.8) is 0 Å². The highest BCUT2D eigenvalue weighted by Gasteiger charge is 2.38. The summed E-state index contributed by atoms with van der Waals surface area (Å²) < 4.78 is 0. The molecule has 0 fully saturated rings. The second kappa shape index (κ2) is 8.32. The summed E-state index contributed by atoms with van der Waals surface area (Å²) >= 11 is 0. The smallest absolute Gasteiger partial charge is 0.306 e. The van der Waals surface area contributed by atoms with E-state index in [1.165, 1.54) is 0 Å². The number of carbonyl (C=O) groups excluding carboxylic acids is 1. The van der Waals surface area contributed by atoms with E-state index < -0.39 is 11.5 Å². The lowest BCUT2D eigenvalue weighted by Gasteiger charge is -2.35. The number of aliphatic carboxylic acids is 1. The van der Waals surface area contributed by atoms with Crippen LogP contribution in [-0.4, -0.2) is 17.0 Å². The highest BCUT2D eigenvalue weighted by Crippen LogP contribution is 2.33. The molecule has 3 aromatic rings. The van der Waals surface area contributed by atoms with Crippen molar-refractivity contribution in [2.75, 3.05) is 0 Å². The number of amides is 1. The molecule has 0 saturated heterocycles. The minimum atomic E-state index is -1.14. The molecule has 0 aromatic heterocycles. The highest BCUT2D eigenvalue weighted by molar-refractivity contribution is 5.82. The molecule has 4 nitrogen and oxygen atoms in total. The summed E-state index contributed by atoms with van der Waals surface area (Å²) in [6, 6.07) is 27.9. The zero-order valence-electron chi connectivity index (χ0n) is 14.8. The van der Waals surface area contributed by atoms with E-state index in [2.05, 4.69) is 5.32 Å². The lowest BCUT2D eigenvalue weighted by molar-refractivity contribution is -0.138. The van der Waals surface area contributed by atoms with Crippen LogP contribution in [-0.2, 0) is 21.5 Å². The number of benzene rings is 3. The fraction of sp³-hybridized carbons (Fsp3) is 0.130. The Morgan fingerprint density at radius 1 is 0.741 bits per heavy atom. The van der Waals surface area contributed by atoms with Gasteiger partial charge in [-0.25, -0.2) is 0 Å². The van der Waals surface area contributed by atoms with Crippen LogP contribution in [0.3, 0.4) is 0 Å². The topological polar surface area (TPSA) is 66.4 Å². The average molecular weight is 359 g/mol. The largest absolute Gasteiger partial charge is 0.481 e. The Morgan fingerprint density at radius 3 is 1.63 bits per heavy atom. The summed E-state index contributed by atoms with van der Waals surface area (Å²) in [5, 5.41) is 12.6. The summed E-state index contributed by atoms with van der Waals surface area (Å²) in [4.78, 5) is 24.6. The SMILES string of the molecule is O=C(O)CC(NC(=O)Cc1ccccc1)(c1ccccc1)c1ccccc1. The number of hydrogen-bond donors (Lipinski definition) is 2. The number of carboxylic acids is 1. The van der Waals surface area contributed by atoms with Crippen molar-refractivity contribution >= 4 is 11.9 Å². The van der Waals surface area contributed by atoms with Gasteiger partial charge in [-0.05, 0) is 16.7 Å². The fourth-order valence-electron chi connectivity index (χ4n) is 3.29. The molecule has 0 spiro atoms. The normalized spacial score (nSPS) is 11.0. The van der Waals surface area contributed by atoms with E-state index in [9.17, 15) is 14.7 Å². The summed E-state index contributed by atoms with van der Waals surface area (Å²) in [7, 11) is 0. The molecule has 4 heteroatoms. The lowest BCUT2D eigenvalue weighted by atomic mass is 9.79. The van der Waals surface area contributed by atoms with Crippen molar-refractivity contribution in [2.24, 2.45) is 0 Å². The van der Waals surface area contributed by atoms with E-state index in [0.717, 1.165) is 16.7 Å². The number of carboxylic acid groups (broad SMARTS) is 1. The second-order valence-electron chi connectivity index (χ2n) is 6.42. The van der Waals surface area contributed by atoms with Gasteiger partial charge in [0.05, 0.1) is 12.8 Å². The Hall–Kier alpha value is -3.40. The number of nitrogens with one attached hydrogen (secondary N) is 1. The third-order valence-corrected chi connectivity index (χ3v) is 4.51. The third-order valence-electron chi connectivity index (χ3n) is 4.51. The molecule has 0 saturated carbocycles. The molecule has 0 aliphatic heterocycles. The van der Waals surface area contributed by atoms with E-state index in [1.54, 1.807) is 0 Å². The first-order chi connectivity index (χ1) is 13.1. The van der Waals surface area contributed by atoms with Gasteiger partial charge in [0.15, 0.2) is 0 Å². The maximum Gasteiger partial charge on any atom is 0.306 e. The van der Waals surface area contributed by atoms with Gasteiger partial charge in [0.1, 0.15) is 5.54 Å². The minimum Gasteiger partial charge on any atom is -0.481 e. The van der Waals surface area contributed by atoms with Crippen molar-refractivity contribution in [1.29, 1.82) is 0 Å². The number of carbonyl (C=O) groups is 2. The molecule has 0 atom stereocenters. The molecule has 0 aliphatic carbocycles. The molecule has 0 unspecified atom stereocenters. The van der Waals surface area contributed by atoms with Crippen LogP contribution in [0.1, 0.15) is 23.1 Å². The van der Waals surface area contributed by atoms with Gasteiger partial charge in [0.2, 0.25) is 5.91 Å². The van der Waals surface area contributed by atoms with Crippen LogP contribution < -0.4 is 5.32 Å². The third kappa shape index (κ3) is 4.42. The summed E-state index contributed by atoms with van der Waals surface area (Å²) in [5.74, 6) is -1.21. The Balaban J connectivity index is 2.03. The molecule has 27 heavy (non-hydrogen) atoms. The predicted molar refractivity (Wildman–Crippen MR) is 104 cm³/mol. The first kappa shape index (κ1) is 18.4. The van der Waals surface area contributed by atoms with Gasteiger partial charge >= 0.3 is 5.97 Å². The van der Waals surface area contributed by atoms with E-state index in [4.69, 9.17) is 0 Å². The number of hydrogen-bond acceptors (Lipinski definition) is 2. The Labute approximate surface area is 158 Å². The van der Waals surface area contributed by atoms with Gasteiger partial charge in [-0.2, -0.15) is 0 Å². The molecule has 3 rings (SSSR count). The van der Waals surface area contributed by atoms with E-state index in [0.29, 0.717) is 0 Å². The van der Waals surface area contributed by atoms with Crippen molar-refractivity contribution in [3.8, 4) is 0 Å². The molecule has 1 amide bonds. The summed E-state index contributed by atoms with van der Waals surface area (Å²) in [6.07, 6.45) is -0.0660. The average Bonchev–Trinajstić information content (AvgIpc) is 2.69. The van der Waals surface area contributed by atoms with Gasteiger partial charge < -0.3 is 10.4 Å². The van der Waals surface area contributed by atoms with Crippen LogP contribution in [0.2, 0.25) is 0 Å². The molecule has 0 heterocycles. The zero-order valence-corrected chi connectivity index (χ0v) is 14.8. The zero-order chi connectivity index (χ0) is 19.1. The molecular weight excluding hydrogens is 338 g/mol. The monoisotopic (exact) mass is 359 g/mol. The van der Waals surface area contributed by atoms with Crippen molar-refractivity contribution in [3.05, 3.63) is 108 Å². The molecule has 136 valence electrons. The van der Waals surface area contributed by atoms with Crippen molar-refractivity contribution in [1.82, 2.24) is 5.32 Å². The van der Waals surface area contributed by atoms with Gasteiger partial charge in [0, 0.05) is 0 Å². The van der Waals surface area contributed by atoms with E-state index in [1.807, 2.05) is 91.0 Å². The van der Waals surface area contributed by atoms with Crippen LogP contribution in [0.4, 0.5) is 0 Å². The molecular formula is C23H21NO3. The van der Waals surface area contributed by atoms with Gasteiger partial charge in [-0.3, -0.25) is 9.59 Å². The van der Waals surface area contributed by atoms with Crippen molar-refractivity contribution in [2.45, 2.75) is 18.4 Å². The first-order valence-electron chi connectivity index (χ1n) is 8.78. The molecule has 3 aromatic carbocycles. The van der Waals surface area contributed by atoms with Crippen LogP contribution in [0.15, 0.2) is 91.0 Å². The lowest BCUT2D eigenvalue weighted by Crippen LogP contribution is -2.48. The van der Waals surface area contributed by atoms with Crippen molar-refractivity contribution < 1.29 is 14.7 Å². The minimum absolute atomic E-state index is 0.182. The fourth-order valence-corrected chi connectivity index (χ4v) is 3.29. The molecule has 0 aliphatic rings. The maximum atomic E-state index is 12.9. The second-order valence-corrected chi connectivity index (χ2v) is 6.42. The van der Waals surface area contributed by atoms with Crippen LogP contribution in [0.5, 0.6) is 0 Å². The van der Waals surface area contributed by atoms with Gasteiger partial charge in [-0.15, -0.1) is 0 Å². The standard InChI is InChI=1S/C23H21NO3/c25-21(16-18-10-4-1-5-11-18)24-23(17-22(26)27,19-12-6-2-7-13-19)20-14-8-3-9-15-20/h1-15H,16-17H2,(H,24,25)(H,26,27). The molecule has 0 bridgehead atoms. The van der Waals surface area contributed by atoms with Crippen LogP contribution >= 0.6 is 0 Å². The highest BCUT2D eigenvalue weighted by atomic mass is 16.4. The van der Waals surface area contributed by atoms with E-state index >= 15 is 0 Å². The maximum absolute atomic E-state index is 12.9. The van der Waals surface area contributed by atoms with Gasteiger partial charge in [-0.1, -0.05) is 91.0 Å². The number of rotatable bonds is 7. The van der Waals surface area contributed by atoms with Crippen LogP contribution in [0.25, 0.3) is 0 Å². The summed E-state index contributed by atoms with van der Waals surface area (Å²) in [5.41, 5.74) is 1.21. The Kier molecular flexibility index (Phi) is 5.67.